The fraction of sp³-hybridized carbons (Fsp3) is 0.125. The molecule has 1 N–H and O–H groups in total. The molecule has 0 fully saturated rings. The van der Waals surface area contributed by atoms with Gasteiger partial charge in [0.05, 0.1) is 11.8 Å². The molecule has 0 saturated carbocycles. The molecule has 0 radical (unpaired) electrons. The number of thioether (sulfide) groups is 1. The lowest BCUT2D eigenvalue weighted by Crippen LogP contribution is -1.82. The largest absolute Gasteiger partial charge is 0.345 e. The molecule has 0 aliphatic heterocycles. The summed E-state index contributed by atoms with van der Waals surface area (Å²) in [6, 6.07) is 3.58. The molecule has 0 bridgehead atoms. The van der Waals surface area contributed by atoms with Crippen molar-refractivity contribution in [3.63, 3.8) is 0 Å². The predicted octanol–water partition coefficient (Wildman–Crippen LogP) is 2.42. The van der Waals surface area contributed by atoms with Crippen molar-refractivity contribution in [3.05, 3.63) is 24.3 Å². The third kappa shape index (κ3) is 0.992. The summed E-state index contributed by atoms with van der Waals surface area (Å²) >= 11 is 1.38. The summed E-state index contributed by atoms with van der Waals surface area (Å²) in [7, 11) is 0. The number of nitrogens with one attached hydrogen (secondary N) is 1. The van der Waals surface area contributed by atoms with E-state index in [0.29, 0.717) is 10.4 Å². The predicted molar refractivity (Wildman–Crippen MR) is 47.8 cm³/mol. The molecule has 4 heteroatoms. The Kier molecular flexibility index (Phi) is 1.77. The maximum Gasteiger partial charge on any atom is 0.164 e. The SMILES string of the molecule is CSc1ccc2[nH]cnc2c1F. The molecule has 1 aromatic carbocycles. The Morgan fingerprint density at radius 2 is 2.33 bits per heavy atom. The van der Waals surface area contributed by atoms with Crippen molar-refractivity contribution >= 4 is 22.8 Å². The average Bonchev–Trinajstić information content (AvgIpc) is 2.53. The topological polar surface area (TPSA) is 28.7 Å². The van der Waals surface area contributed by atoms with Gasteiger partial charge in [0.2, 0.25) is 0 Å². The summed E-state index contributed by atoms with van der Waals surface area (Å²) < 4.78 is 13.4. The Labute approximate surface area is 73.2 Å². The van der Waals surface area contributed by atoms with Crippen LogP contribution in [-0.4, -0.2) is 16.2 Å². The van der Waals surface area contributed by atoms with Crippen LogP contribution in [0.2, 0.25) is 0 Å². The van der Waals surface area contributed by atoms with E-state index in [4.69, 9.17) is 0 Å². The summed E-state index contributed by atoms with van der Waals surface area (Å²) in [5.41, 5.74) is 1.16. The van der Waals surface area contributed by atoms with Crippen LogP contribution in [0, 0.1) is 5.82 Å². The van der Waals surface area contributed by atoms with Crippen LogP contribution in [0.5, 0.6) is 0 Å². The molecule has 0 spiro atoms. The number of aromatic nitrogens is 2. The third-order valence-electron chi connectivity index (χ3n) is 1.71. The fourth-order valence-corrected chi connectivity index (χ4v) is 1.59. The minimum Gasteiger partial charge on any atom is -0.345 e. The van der Waals surface area contributed by atoms with Gasteiger partial charge in [-0.05, 0) is 18.4 Å². The molecule has 2 nitrogen and oxygen atoms in total. The fourth-order valence-electron chi connectivity index (χ4n) is 1.11. The van der Waals surface area contributed by atoms with E-state index in [1.54, 1.807) is 6.07 Å². The van der Waals surface area contributed by atoms with E-state index in [-0.39, 0.29) is 5.82 Å². The highest BCUT2D eigenvalue weighted by atomic mass is 32.2. The van der Waals surface area contributed by atoms with Crippen molar-refractivity contribution in [3.8, 4) is 0 Å². The summed E-state index contributed by atoms with van der Waals surface area (Å²) in [5.74, 6) is -0.235. The Morgan fingerprint density at radius 1 is 1.50 bits per heavy atom. The van der Waals surface area contributed by atoms with Gasteiger partial charge in [0.1, 0.15) is 5.52 Å². The lowest BCUT2D eigenvalue weighted by atomic mass is 10.3. The van der Waals surface area contributed by atoms with Crippen LogP contribution in [0.15, 0.2) is 23.4 Å². The van der Waals surface area contributed by atoms with Crippen LogP contribution >= 0.6 is 11.8 Å². The Morgan fingerprint density at radius 3 is 3.08 bits per heavy atom. The highest BCUT2D eigenvalue weighted by molar-refractivity contribution is 7.98. The molecule has 62 valence electrons. The van der Waals surface area contributed by atoms with Gasteiger partial charge < -0.3 is 4.98 Å². The zero-order valence-corrected chi connectivity index (χ0v) is 7.28. The summed E-state index contributed by atoms with van der Waals surface area (Å²) in [6.07, 6.45) is 3.34. The first-order valence-corrected chi connectivity index (χ1v) is 4.71. The molecule has 0 saturated heterocycles. The molecule has 0 amide bonds. The quantitative estimate of drug-likeness (QED) is 0.686. The highest BCUT2D eigenvalue weighted by Crippen LogP contribution is 2.24. The van der Waals surface area contributed by atoms with Gasteiger partial charge in [0.25, 0.3) is 0 Å². The molecule has 12 heavy (non-hydrogen) atoms. The monoisotopic (exact) mass is 182 g/mol. The number of fused-ring (bicyclic) bond motifs is 1. The summed E-state index contributed by atoms with van der Waals surface area (Å²) in [4.78, 5) is 7.37. The van der Waals surface area contributed by atoms with Crippen LogP contribution in [0.25, 0.3) is 11.0 Å². The van der Waals surface area contributed by atoms with E-state index in [9.17, 15) is 4.39 Å². The Hall–Kier alpha value is -1.03. The van der Waals surface area contributed by atoms with E-state index in [1.807, 2.05) is 12.3 Å². The molecule has 0 atom stereocenters. The molecule has 1 aromatic heterocycles. The van der Waals surface area contributed by atoms with Gasteiger partial charge in [-0.15, -0.1) is 11.8 Å². The molecule has 2 rings (SSSR count). The lowest BCUT2D eigenvalue weighted by Gasteiger charge is -1.97. The van der Waals surface area contributed by atoms with Crippen LogP contribution < -0.4 is 0 Å². The van der Waals surface area contributed by atoms with Gasteiger partial charge in [-0.1, -0.05) is 0 Å². The summed E-state index contributed by atoms with van der Waals surface area (Å²) in [5, 5.41) is 0. The number of aromatic amines is 1. The van der Waals surface area contributed by atoms with Gasteiger partial charge in [-0.25, -0.2) is 9.37 Å². The zero-order valence-electron chi connectivity index (χ0n) is 6.47. The minimum atomic E-state index is -0.235. The van der Waals surface area contributed by atoms with Crippen molar-refractivity contribution in [1.29, 1.82) is 0 Å². The van der Waals surface area contributed by atoms with Crippen molar-refractivity contribution in [2.24, 2.45) is 0 Å². The molecule has 0 aliphatic rings. The molecule has 0 aliphatic carbocycles. The number of H-pyrrole nitrogens is 1. The Balaban J connectivity index is 2.78. The first-order valence-electron chi connectivity index (χ1n) is 3.48. The highest BCUT2D eigenvalue weighted by Gasteiger charge is 2.07. The maximum absolute atomic E-state index is 13.4. The first-order chi connectivity index (χ1) is 5.83. The normalized spacial score (nSPS) is 10.8. The maximum atomic E-state index is 13.4. The van der Waals surface area contributed by atoms with Gasteiger partial charge in [0.15, 0.2) is 5.82 Å². The van der Waals surface area contributed by atoms with Gasteiger partial charge in [0, 0.05) is 4.90 Å². The molecule has 0 unspecified atom stereocenters. The molecular weight excluding hydrogens is 175 g/mol. The smallest absolute Gasteiger partial charge is 0.164 e. The zero-order chi connectivity index (χ0) is 8.55. The van der Waals surface area contributed by atoms with Crippen LogP contribution in [0.4, 0.5) is 4.39 Å². The van der Waals surface area contributed by atoms with Crippen LogP contribution in [0.3, 0.4) is 0 Å². The van der Waals surface area contributed by atoms with E-state index in [1.165, 1.54) is 18.1 Å². The second-order valence-corrected chi connectivity index (χ2v) is 3.23. The Bertz CT molecular complexity index is 410. The van der Waals surface area contributed by atoms with E-state index in [0.717, 1.165) is 5.52 Å². The number of hydrogen-bond acceptors (Lipinski definition) is 2. The summed E-state index contributed by atoms with van der Waals surface area (Å²) in [6.45, 7) is 0. The number of halogens is 1. The number of nitrogens with zero attached hydrogens (tertiary/aromatic N) is 1. The number of imidazole rings is 1. The number of rotatable bonds is 1. The lowest BCUT2D eigenvalue weighted by molar-refractivity contribution is 0.612. The van der Waals surface area contributed by atoms with Crippen LogP contribution in [0.1, 0.15) is 0 Å². The number of hydrogen-bond donors (Lipinski definition) is 1. The van der Waals surface area contributed by atoms with Crippen molar-refractivity contribution in [2.45, 2.75) is 4.90 Å². The van der Waals surface area contributed by atoms with E-state index < -0.39 is 0 Å². The van der Waals surface area contributed by atoms with Gasteiger partial charge in [-0.3, -0.25) is 0 Å². The van der Waals surface area contributed by atoms with Crippen LogP contribution in [-0.2, 0) is 0 Å². The molecule has 2 aromatic rings. The average molecular weight is 182 g/mol. The number of benzene rings is 1. The standard InChI is InChI=1S/C8H7FN2S/c1-12-6-3-2-5-8(7(6)9)11-4-10-5/h2-4H,1H3,(H,10,11). The first kappa shape index (κ1) is 7.61. The minimum absolute atomic E-state index is 0.235. The van der Waals surface area contributed by atoms with E-state index >= 15 is 0 Å². The van der Waals surface area contributed by atoms with Crippen molar-refractivity contribution in [1.82, 2.24) is 9.97 Å². The van der Waals surface area contributed by atoms with Gasteiger partial charge in [-0.2, -0.15) is 0 Å². The third-order valence-corrected chi connectivity index (χ3v) is 2.47. The second kappa shape index (κ2) is 2.79. The molecular formula is C8H7FN2S. The van der Waals surface area contributed by atoms with E-state index in [2.05, 4.69) is 9.97 Å². The van der Waals surface area contributed by atoms with Crippen molar-refractivity contribution < 1.29 is 4.39 Å². The molecule has 1 heterocycles. The van der Waals surface area contributed by atoms with Gasteiger partial charge >= 0.3 is 0 Å². The second-order valence-electron chi connectivity index (χ2n) is 2.38. The van der Waals surface area contributed by atoms with Crippen molar-refractivity contribution in [2.75, 3.05) is 6.26 Å².